The van der Waals surface area contributed by atoms with Gasteiger partial charge in [0.2, 0.25) is 23.6 Å². The van der Waals surface area contributed by atoms with Gasteiger partial charge in [0.15, 0.2) is 0 Å². The molecule has 19 heteroatoms. The third-order valence-corrected chi connectivity index (χ3v) is 28.8. The molecule has 2 saturated heterocycles. The lowest BCUT2D eigenvalue weighted by atomic mass is 10.1. The van der Waals surface area contributed by atoms with Crippen molar-refractivity contribution in [2.24, 2.45) is 0 Å². The van der Waals surface area contributed by atoms with Crippen LogP contribution in [0.1, 0.15) is 518 Å². The Morgan fingerprint density at radius 1 is 0.213 bits per heavy atom. The lowest BCUT2D eigenvalue weighted by Crippen LogP contribution is -2.54. The minimum Gasteiger partial charge on any atom is -0.461 e. The topological polar surface area (TPSA) is 163 Å². The highest BCUT2D eigenvalue weighted by atomic mass is 16.7. The first-order chi connectivity index (χ1) is 66.7. The molecule has 0 aromatic rings. The van der Waals surface area contributed by atoms with E-state index in [2.05, 4.69) is 103 Å². The van der Waals surface area contributed by atoms with Crippen LogP contribution in [0.15, 0.2) is 12.2 Å². The van der Waals surface area contributed by atoms with Gasteiger partial charge in [-0.25, -0.2) is 4.79 Å². The normalized spacial score (nSPS) is 13.2. The van der Waals surface area contributed by atoms with E-state index in [1.807, 2.05) is 25.7 Å². The Morgan fingerprint density at radius 2 is 0.404 bits per heavy atom. The van der Waals surface area contributed by atoms with Crippen LogP contribution in [0.5, 0.6) is 0 Å². The van der Waals surface area contributed by atoms with E-state index in [0.29, 0.717) is 98.2 Å². The molecule has 0 atom stereocenters. The highest BCUT2D eigenvalue weighted by Gasteiger charge is 2.29. The minimum atomic E-state index is -0.631. The van der Waals surface area contributed by atoms with E-state index < -0.39 is 6.16 Å². The molecule has 0 aromatic heterocycles. The van der Waals surface area contributed by atoms with Crippen molar-refractivity contribution in [1.82, 2.24) is 49.0 Å². The molecular formula is C117H230N10O9. The zero-order valence-electron chi connectivity index (χ0n) is 92.3. The van der Waals surface area contributed by atoms with Crippen LogP contribution in [0.4, 0.5) is 4.79 Å². The maximum absolute atomic E-state index is 14.1. The van der Waals surface area contributed by atoms with E-state index in [9.17, 15) is 28.8 Å². The Kier molecular flexibility index (Phi) is 96.8. The summed E-state index contributed by atoms with van der Waals surface area (Å²) in [7, 11) is 1.33. The molecule has 802 valence electrons. The van der Waals surface area contributed by atoms with Crippen LogP contribution in [0.3, 0.4) is 0 Å². The van der Waals surface area contributed by atoms with Gasteiger partial charge in [0.05, 0.1) is 39.9 Å². The molecule has 0 radical (unpaired) electrons. The minimum absolute atomic E-state index is 0.114. The van der Waals surface area contributed by atoms with Crippen LogP contribution >= 0.6 is 0 Å². The summed E-state index contributed by atoms with van der Waals surface area (Å²) >= 11 is 0. The van der Waals surface area contributed by atoms with E-state index in [-0.39, 0.29) is 29.6 Å². The van der Waals surface area contributed by atoms with Gasteiger partial charge < -0.3 is 43.6 Å². The molecule has 2 aliphatic rings. The second-order valence-corrected chi connectivity index (χ2v) is 41.5. The number of ether oxygens (including phenoxy) is 3. The molecule has 0 saturated carbocycles. The van der Waals surface area contributed by atoms with Crippen molar-refractivity contribution < 1.29 is 43.0 Å². The number of piperazine rings is 2. The third kappa shape index (κ3) is 82.5. The van der Waals surface area contributed by atoms with E-state index in [0.717, 1.165) is 136 Å². The summed E-state index contributed by atoms with van der Waals surface area (Å²) < 4.78 is 15.1. The van der Waals surface area contributed by atoms with Gasteiger partial charge in [-0.05, 0) is 155 Å². The van der Waals surface area contributed by atoms with Gasteiger partial charge in [0.1, 0.15) is 6.61 Å². The lowest BCUT2D eigenvalue weighted by Gasteiger charge is -2.37. The molecule has 2 fully saturated rings. The van der Waals surface area contributed by atoms with Crippen LogP contribution in [-0.2, 0) is 38.2 Å². The number of methoxy groups -OCH3 is 1. The predicted octanol–water partition coefficient (Wildman–Crippen LogP) is 28.9. The zero-order valence-corrected chi connectivity index (χ0v) is 92.3. The number of unbranched alkanes of at least 4 members (excludes halogenated alkanes) is 59. The summed E-state index contributed by atoms with van der Waals surface area (Å²) in [4.78, 5) is 103. The fraction of sp³-hybridized carbons (Fsp3) is 0.932. The first-order valence-electron chi connectivity index (χ1n) is 59.7. The molecule has 4 amide bonds. The number of carbonyl (C=O) groups is 6. The van der Waals surface area contributed by atoms with Gasteiger partial charge in [0, 0.05) is 85.0 Å². The monoisotopic (exact) mass is 1920 g/mol. The molecule has 0 unspecified atom stereocenters. The number of hydrogen-bond acceptors (Lipinski definition) is 15. The molecule has 2 heterocycles. The molecule has 2 rings (SSSR count). The molecule has 0 spiro atoms. The van der Waals surface area contributed by atoms with Crippen molar-refractivity contribution in [2.45, 2.75) is 518 Å². The zero-order chi connectivity index (χ0) is 98.8. The summed E-state index contributed by atoms with van der Waals surface area (Å²) in [6, 6.07) is 0. The Hall–Kier alpha value is -3.88. The summed E-state index contributed by atoms with van der Waals surface area (Å²) in [5.74, 6) is 0.733. The van der Waals surface area contributed by atoms with Gasteiger partial charge in [-0.2, -0.15) is 0 Å². The van der Waals surface area contributed by atoms with Gasteiger partial charge in [0.25, 0.3) is 0 Å². The Labute approximate surface area is 843 Å². The van der Waals surface area contributed by atoms with Crippen molar-refractivity contribution in [3.63, 3.8) is 0 Å². The number of carbonyl (C=O) groups excluding carboxylic acids is 6. The number of esters is 1. The van der Waals surface area contributed by atoms with Crippen LogP contribution in [0.2, 0.25) is 0 Å². The molecule has 0 N–H and O–H groups in total. The Balaban J connectivity index is 0.00000137. The smallest absolute Gasteiger partial charge is 0.461 e. The second kappa shape index (κ2) is 101. The fourth-order valence-corrected chi connectivity index (χ4v) is 19.4. The summed E-state index contributed by atoms with van der Waals surface area (Å²) in [5.41, 5.74) is 0. The van der Waals surface area contributed by atoms with E-state index in [1.54, 1.807) is 0 Å². The van der Waals surface area contributed by atoms with Crippen LogP contribution in [0, 0.1) is 0 Å². The van der Waals surface area contributed by atoms with Crippen LogP contribution in [0.25, 0.3) is 0 Å². The molecule has 19 nitrogen and oxygen atoms in total. The van der Waals surface area contributed by atoms with Gasteiger partial charge in [-0.3, -0.25) is 43.6 Å². The van der Waals surface area contributed by atoms with Crippen molar-refractivity contribution in [3.8, 4) is 0 Å². The van der Waals surface area contributed by atoms with Crippen molar-refractivity contribution >= 4 is 35.8 Å². The number of hydrogen-bond donors (Lipinski definition) is 0. The van der Waals surface area contributed by atoms with Crippen LogP contribution in [-0.4, -0.2) is 275 Å². The summed E-state index contributed by atoms with van der Waals surface area (Å²) in [6.07, 6.45) is 93.0. The second-order valence-electron chi connectivity index (χ2n) is 41.5. The molecule has 0 aliphatic carbocycles. The molecule has 0 bridgehead atoms. The molecule has 0 aromatic carbocycles. The molecule has 2 aliphatic heterocycles. The first kappa shape index (κ1) is 130. The van der Waals surface area contributed by atoms with E-state index in [1.165, 1.54) is 412 Å². The van der Waals surface area contributed by atoms with E-state index in [4.69, 9.17) is 9.47 Å². The SMILES string of the molecule is CCCC/C=C\COC(=O)CCCCCN(CCCCCCCCCCCCCC)CC(=O)N1CCN(C(=O)CN(CCCCCCCCC)CCN(CCCCCCCCC)CCCCCCCCC)CC1.CCCCCCCCCN(CCCCCCCCC)CCN(CCCCCCCCC)CC(=O)N1CCN(C(=O)CN(CCCCCCCCC)CCCCCOC(=O)OC)CC1. The highest BCUT2D eigenvalue weighted by molar-refractivity contribution is 5.81. The first-order valence-corrected chi connectivity index (χ1v) is 59.7. The quantitative estimate of drug-likeness (QED) is 0.0321. The average molecular weight is 1920 g/mol. The highest BCUT2D eigenvalue weighted by Crippen LogP contribution is 2.21. The third-order valence-electron chi connectivity index (χ3n) is 28.8. The fourth-order valence-electron chi connectivity index (χ4n) is 19.4. The number of nitrogens with zero attached hydrogens (tertiary/aromatic N) is 10. The summed E-state index contributed by atoms with van der Waals surface area (Å²) in [5, 5.41) is 0. The average Bonchev–Trinajstić information content (AvgIpc) is 0.865. The maximum Gasteiger partial charge on any atom is 0.507 e. The van der Waals surface area contributed by atoms with E-state index >= 15 is 0 Å². The summed E-state index contributed by atoms with van der Waals surface area (Å²) in [6.45, 7) is 42.4. The van der Waals surface area contributed by atoms with Gasteiger partial charge in [-0.1, -0.05) is 434 Å². The lowest BCUT2D eigenvalue weighted by molar-refractivity contribution is -0.142. The largest absolute Gasteiger partial charge is 0.507 e. The standard InChI is InChI=1S/C64H125N5O4.C53H105N5O5/c1-6-11-16-21-25-26-27-28-29-33-37-43-50-66(51-45-39-40-47-64(72)73-59-46-38-20-15-10-5)60-62(70)68-55-57-69(58-56-68)63(71)61-67(52-44-36-32-24-19-14-9-4)54-53-65(48-41-34-30-22-17-12-7-2)49-42-35-31-23-18-13-8-3;1-6-10-14-18-22-26-31-37-54(38-32-27-23-19-15-11-7-2)42-43-56(41-34-29-25-21-17-13-9-4)50-52(60)58-46-44-57(45-47-58)51(59)49-55(39-33-28-24-20-16-12-8-3)40-35-30-36-48-63-53(61)62-5/h38,46H,6-37,39-45,47-61H2,1-5H3;6-50H2,1-5H3/b46-38-;. The van der Waals surface area contributed by atoms with Crippen molar-refractivity contribution in [3.05, 3.63) is 12.2 Å². The number of amides is 4. The Bertz CT molecular complexity index is 2590. The molecule has 136 heavy (non-hydrogen) atoms. The van der Waals surface area contributed by atoms with Crippen molar-refractivity contribution in [1.29, 1.82) is 0 Å². The number of rotatable bonds is 100. The van der Waals surface area contributed by atoms with Gasteiger partial charge >= 0.3 is 12.1 Å². The number of allylic oxidation sites excluding steroid dienone is 1. The Morgan fingerprint density at radius 3 is 0.632 bits per heavy atom. The van der Waals surface area contributed by atoms with Gasteiger partial charge in [-0.15, -0.1) is 0 Å². The van der Waals surface area contributed by atoms with Crippen LogP contribution < -0.4 is 0 Å². The maximum atomic E-state index is 14.1. The molecular weight excluding hydrogens is 1690 g/mol. The van der Waals surface area contributed by atoms with Crippen molar-refractivity contribution in [2.75, 3.05) is 190 Å². The predicted molar refractivity (Wildman–Crippen MR) is 582 cm³/mol.